The van der Waals surface area contributed by atoms with Gasteiger partial charge in [-0.05, 0) is 19.1 Å². The van der Waals surface area contributed by atoms with Gasteiger partial charge in [-0.3, -0.25) is 0 Å². The largest absolute Gasteiger partial charge is 0.342 e. The Labute approximate surface area is 125 Å². The van der Waals surface area contributed by atoms with E-state index >= 15 is 0 Å². The normalized spacial score (nSPS) is 10.9. The van der Waals surface area contributed by atoms with Gasteiger partial charge in [0.1, 0.15) is 5.82 Å². The predicted octanol–water partition coefficient (Wildman–Crippen LogP) is 4.42. The number of aryl methyl sites for hydroxylation is 1. The van der Waals surface area contributed by atoms with Crippen LogP contribution in [0.1, 0.15) is 36.8 Å². The van der Waals surface area contributed by atoms with Crippen molar-refractivity contribution in [3.8, 4) is 0 Å². The van der Waals surface area contributed by atoms with Crippen LogP contribution in [0.3, 0.4) is 0 Å². The minimum Gasteiger partial charge on any atom is -0.342 e. The summed E-state index contributed by atoms with van der Waals surface area (Å²) in [7, 11) is 2.01. The van der Waals surface area contributed by atoms with E-state index in [1.807, 2.05) is 13.2 Å². The van der Waals surface area contributed by atoms with Crippen LogP contribution >= 0.6 is 11.6 Å². The van der Waals surface area contributed by atoms with E-state index in [2.05, 4.69) is 59.9 Å². The lowest BCUT2D eigenvalue weighted by Gasteiger charge is -2.22. The van der Waals surface area contributed by atoms with E-state index in [4.69, 9.17) is 11.6 Å². The van der Waals surface area contributed by atoms with Crippen molar-refractivity contribution < 1.29 is 0 Å². The van der Waals surface area contributed by atoms with Crippen molar-refractivity contribution in [3.63, 3.8) is 0 Å². The summed E-state index contributed by atoms with van der Waals surface area (Å²) in [6.45, 7) is 6.24. The molecule has 0 N–H and O–H groups in total. The van der Waals surface area contributed by atoms with E-state index in [9.17, 15) is 0 Å². The van der Waals surface area contributed by atoms with E-state index in [0.29, 0.717) is 11.8 Å². The van der Waals surface area contributed by atoms with Crippen molar-refractivity contribution in [2.75, 3.05) is 11.9 Å². The number of rotatable bonds is 4. The predicted molar refractivity (Wildman–Crippen MR) is 84.9 cm³/mol. The number of aromatic nitrogens is 2. The van der Waals surface area contributed by atoms with Gasteiger partial charge in [-0.1, -0.05) is 31.5 Å². The fourth-order valence-corrected chi connectivity index (χ4v) is 2.19. The highest BCUT2D eigenvalue weighted by Gasteiger charge is 2.13. The lowest BCUT2D eigenvalue weighted by molar-refractivity contribution is 0.763. The summed E-state index contributed by atoms with van der Waals surface area (Å²) in [6, 6.07) is 8.36. The highest BCUT2D eigenvalue weighted by atomic mass is 35.5. The summed E-state index contributed by atoms with van der Waals surface area (Å²) < 4.78 is 0. The molecule has 4 heteroatoms. The summed E-state index contributed by atoms with van der Waals surface area (Å²) in [5.74, 6) is 1.52. The Morgan fingerprint density at radius 1 is 1.20 bits per heavy atom. The summed E-state index contributed by atoms with van der Waals surface area (Å²) in [6.07, 6.45) is 1.86. The molecule has 0 unspecified atom stereocenters. The number of benzene rings is 1. The summed E-state index contributed by atoms with van der Waals surface area (Å²) in [5.41, 5.74) is 4.16. The van der Waals surface area contributed by atoms with E-state index in [0.717, 1.165) is 22.9 Å². The van der Waals surface area contributed by atoms with Crippen molar-refractivity contribution >= 4 is 23.0 Å². The summed E-state index contributed by atoms with van der Waals surface area (Å²) in [4.78, 5) is 11.1. The molecule has 20 heavy (non-hydrogen) atoms. The van der Waals surface area contributed by atoms with Gasteiger partial charge in [-0.25, -0.2) is 9.97 Å². The van der Waals surface area contributed by atoms with Crippen molar-refractivity contribution in [1.82, 2.24) is 9.97 Å². The van der Waals surface area contributed by atoms with Gasteiger partial charge in [0.05, 0.1) is 23.5 Å². The Hall–Kier alpha value is -1.61. The molecule has 1 aromatic carbocycles. The van der Waals surface area contributed by atoms with Crippen LogP contribution in [0.5, 0.6) is 0 Å². The van der Waals surface area contributed by atoms with Crippen LogP contribution in [-0.4, -0.2) is 17.0 Å². The molecule has 2 aromatic rings. The number of hydrogen-bond acceptors (Lipinski definition) is 3. The molecule has 3 nitrogen and oxygen atoms in total. The molecular formula is C16H20ClN3. The topological polar surface area (TPSA) is 29.0 Å². The molecule has 0 saturated heterocycles. The Morgan fingerprint density at radius 2 is 1.85 bits per heavy atom. The molecule has 0 radical (unpaired) electrons. The van der Waals surface area contributed by atoms with Crippen molar-refractivity contribution in [2.24, 2.45) is 0 Å². The average Bonchev–Trinajstić information content (AvgIpc) is 2.46. The zero-order valence-corrected chi connectivity index (χ0v) is 13.1. The quantitative estimate of drug-likeness (QED) is 0.781. The number of hydrogen-bond donors (Lipinski definition) is 0. The fraction of sp³-hybridized carbons (Fsp3) is 0.375. The number of anilines is 2. The van der Waals surface area contributed by atoms with Crippen molar-refractivity contribution in [3.05, 3.63) is 47.5 Å². The van der Waals surface area contributed by atoms with Crippen LogP contribution in [0.15, 0.2) is 30.5 Å². The highest BCUT2D eigenvalue weighted by molar-refractivity contribution is 6.17. The van der Waals surface area contributed by atoms with Gasteiger partial charge < -0.3 is 4.90 Å². The zero-order valence-electron chi connectivity index (χ0n) is 12.4. The van der Waals surface area contributed by atoms with Gasteiger partial charge in [-0.15, -0.1) is 11.6 Å². The summed E-state index contributed by atoms with van der Waals surface area (Å²) >= 11 is 6.05. The first-order chi connectivity index (χ1) is 9.52. The molecule has 0 saturated carbocycles. The zero-order chi connectivity index (χ0) is 14.7. The third-order valence-corrected chi connectivity index (χ3v) is 3.54. The Kier molecular flexibility index (Phi) is 4.61. The van der Waals surface area contributed by atoms with Crippen molar-refractivity contribution in [2.45, 2.75) is 32.6 Å². The molecule has 0 amide bonds. The average molecular weight is 290 g/mol. The Balaban J connectivity index is 2.38. The molecule has 0 fully saturated rings. The first kappa shape index (κ1) is 14.8. The van der Waals surface area contributed by atoms with E-state index < -0.39 is 0 Å². The second-order valence-electron chi connectivity index (χ2n) is 5.24. The molecule has 0 atom stereocenters. The van der Waals surface area contributed by atoms with Gasteiger partial charge in [0.15, 0.2) is 0 Å². The van der Waals surface area contributed by atoms with Gasteiger partial charge in [0, 0.05) is 18.7 Å². The first-order valence-corrected chi connectivity index (χ1v) is 7.28. The molecule has 2 rings (SSSR count). The molecule has 0 aliphatic carbocycles. The van der Waals surface area contributed by atoms with Crippen LogP contribution in [0.2, 0.25) is 0 Å². The highest BCUT2D eigenvalue weighted by Crippen LogP contribution is 2.27. The third-order valence-electron chi connectivity index (χ3n) is 3.29. The lowest BCUT2D eigenvalue weighted by atomic mass is 10.2. The maximum Gasteiger partial charge on any atom is 0.131 e. The number of alkyl halides is 1. The fourth-order valence-electron chi connectivity index (χ4n) is 1.99. The second kappa shape index (κ2) is 6.23. The van der Waals surface area contributed by atoms with Crippen LogP contribution in [0.4, 0.5) is 11.4 Å². The molecule has 1 aromatic heterocycles. The molecule has 1 heterocycles. The number of halogens is 1. The SMILES string of the molecule is Cc1ccc(N(C)c2cnc(C(C)C)nc2CCl)cc1. The molecule has 0 aliphatic heterocycles. The van der Waals surface area contributed by atoms with Gasteiger partial charge >= 0.3 is 0 Å². The van der Waals surface area contributed by atoms with Crippen LogP contribution in [-0.2, 0) is 5.88 Å². The minimum atomic E-state index is 0.302. The van der Waals surface area contributed by atoms with E-state index in [1.54, 1.807) is 0 Å². The van der Waals surface area contributed by atoms with Crippen LogP contribution < -0.4 is 4.90 Å². The van der Waals surface area contributed by atoms with Gasteiger partial charge in [0.25, 0.3) is 0 Å². The van der Waals surface area contributed by atoms with E-state index in [1.165, 1.54) is 5.56 Å². The Morgan fingerprint density at radius 3 is 2.40 bits per heavy atom. The molecule has 0 spiro atoms. The third kappa shape index (κ3) is 3.10. The molecule has 0 aliphatic rings. The monoisotopic (exact) mass is 289 g/mol. The van der Waals surface area contributed by atoms with Crippen LogP contribution in [0, 0.1) is 6.92 Å². The maximum absolute atomic E-state index is 6.05. The van der Waals surface area contributed by atoms with Gasteiger partial charge in [0.2, 0.25) is 0 Å². The van der Waals surface area contributed by atoms with Gasteiger partial charge in [-0.2, -0.15) is 0 Å². The maximum atomic E-state index is 6.05. The molecule has 0 bridgehead atoms. The second-order valence-corrected chi connectivity index (χ2v) is 5.51. The molecular weight excluding hydrogens is 270 g/mol. The molecule has 106 valence electrons. The minimum absolute atomic E-state index is 0.302. The van der Waals surface area contributed by atoms with Crippen molar-refractivity contribution in [1.29, 1.82) is 0 Å². The lowest BCUT2D eigenvalue weighted by Crippen LogP contribution is -2.14. The Bertz CT molecular complexity index is 579. The smallest absolute Gasteiger partial charge is 0.131 e. The van der Waals surface area contributed by atoms with Crippen LogP contribution in [0.25, 0.3) is 0 Å². The standard InChI is InChI=1S/C16H20ClN3/c1-11(2)16-18-10-15(14(9-17)19-16)20(4)13-7-5-12(3)6-8-13/h5-8,10-11H,9H2,1-4H3. The van der Waals surface area contributed by atoms with E-state index in [-0.39, 0.29) is 0 Å². The first-order valence-electron chi connectivity index (χ1n) is 6.75. The summed E-state index contributed by atoms with van der Waals surface area (Å²) in [5, 5.41) is 0. The number of nitrogens with zero attached hydrogens (tertiary/aromatic N) is 3.